The van der Waals surface area contributed by atoms with Crippen molar-refractivity contribution in [2.75, 3.05) is 11.9 Å². The maximum Gasteiger partial charge on any atom is 0.326 e. The number of amides is 1. The molecule has 0 spiro atoms. The fraction of sp³-hybridized carbons (Fsp3) is 0.720. The van der Waals surface area contributed by atoms with Crippen LogP contribution in [0.2, 0.25) is 0 Å². The van der Waals surface area contributed by atoms with E-state index in [2.05, 4.69) is 22.8 Å². The normalized spacial score (nSPS) is 18.5. The third kappa shape index (κ3) is 6.94. The molecule has 1 aromatic heterocycles. The second-order valence-electron chi connectivity index (χ2n) is 9.63. The maximum atomic E-state index is 12.6. The number of fused-ring (bicyclic) bond motifs is 1. The van der Waals surface area contributed by atoms with E-state index in [0.717, 1.165) is 88.7 Å². The summed E-state index contributed by atoms with van der Waals surface area (Å²) in [4.78, 5) is 29.0. The van der Waals surface area contributed by atoms with Crippen molar-refractivity contribution in [3.8, 4) is 0 Å². The summed E-state index contributed by atoms with van der Waals surface area (Å²) in [5, 5.41) is 15.7. The minimum atomic E-state index is -0.917. The summed E-state index contributed by atoms with van der Waals surface area (Å²) in [5.41, 5.74) is 2.08. The van der Waals surface area contributed by atoms with E-state index in [9.17, 15) is 14.7 Å². The molecule has 1 aromatic rings. The van der Waals surface area contributed by atoms with Gasteiger partial charge < -0.3 is 15.7 Å². The number of carbonyl (C=O) groups is 2. The number of rotatable bonds is 11. The van der Waals surface area contributed by atoms with E-state index in [0.29, 0.717) is 6.42 Å². The molecule has 0 unspecified atom stereocenters. The van der Waals surface area contributed by atoms with Gasteiger partial charge in [0.2, 0.25) is 5.91 Å². The quantitative estimate of drug-likeness (QED) is 0.437. The predicted molar refractivity (Wildman–Crippen MR) is 123 cm³/mol. The number of carbonyl (C=O) groups excluding carboxylic acids is 1. The van der Waals surface area contributed by atoms with E-state index in [-0.39, 0.29) is 5.91 Å². The Morgan fingerprint density at radius 2 is 1.84 bits per heavy atom. The highest BCUT2D eigenvalue weighted by molar-refractivity contribution is 5.87. The van der Waals surface area contributed by atoms with Crippen LogP contribution in [0.4, 0.5) is 5.82 Å². The van der Waals surface area contributed by atoms with Crippen molar-refractivity contribution < 1.29 is 14.7 Å². The van der Waals surface area contributed by atoms with Gasteiger partial charge in [-0.1, -0.05) is 57.9 Å². The summed E-state index contributed by atoms with van der Waals surface area (Å²) in [6.07, 6.45) is 13.9. The van der Waals surface area contributed by atoms with Crippen molar-refractivity contribution in [2.24, 2.45) is 5.41 Å². The predicted octanol–water partition coefficient (Wildman–Crippen LogP) is 4.86. The number of unbranched alkanes of at least 4 members (excludes halogenated alkanes) is 4. The van der Waals surface area contributed by atoms with Crippen molar-refractivity contribution in [1.82, 2.24) is 10.3 Å². The molecular weight excluding hydrogens is 390 g/mol. The number of nitrogens with zero attached hydrogens (tertiary/aromatic N) is 1. The molecule has 3 rings (SSSR count). The van der Waals surface area contributed by atoms with Crippen LogP contribution in [0.1, 0.15) is 95.2 Å². The van der Waals surface area contributed by atoms with E-state index in [1.54, 1.807) is 0 Å². The average molecular weight is 430 g/mol. The minimum absolute atomic E-state index is 0.0772. The summed E-state index contributed by atoms with van der Waals surface area (Å²) in [6.45, 7) is 2.99. The lowest BCUT2D eigenvalue weighted by atomic mass is 9.75. The SMILES string of the molecule is CC1(C(=O)N[C@H](CCCCCCCc2ccc3c(n2)NCCC3)C(=O)O)CCCCC1. The fourth-order valence-corrected chi connectivity index (χ4v) is 4.84. The molecule has 0 aromatic carbocycles. The van der Waals surface area contributed by atoms with Crippen molar-refractivity contribution in [3.05, 3.63) is 23.4 Å². The van der Waals surface area contributed by atoms with Crippen LogP contribution in [0, 0.1) is 5.41 Å². The van der Waals surface area contributed by atoms with Crippen molar-refractivity contribution in [1.29, 1.82) is 0 Å². The van der Waals surface area contributed by atoms with Crippen LogP contribution in [-0.2, 0) is 22.4 Å². The molecule has 3 N–H and O–H groups in total. The number of pyridine rings is 1. The summed E-state index contributed by atoms with van der Waals surface area (Å²) in [7, 11) is 0. The van der Waals surface area contributed by atoms with Gasteiger partial charge in [0.25, 0.3) is 0 Å². The minimum Gasteiger partial charge on any atom is -0.480 e. The van der Waals surface area contributed by atoms with Gasteiger partial charge in [-0.25, -0.2) is 9.78 Å². The number of hydrogen-bond donors (Lipinski definition) is 3. The summed E-state index contributed by atoms with van der Waals surface area (Å²) >= 11 is 0. The van der Waals surface area contributed by atoms with Crippen molar-refractivity contribution in [3.63, 3.8) is 0 Å². The van der Waals surface area contributed by atoms with Crippen LogP contribution in [0.3, 0.4) is 0 Å². The van der Waals surface area contributed by atoms with E-state index in [1.165, 1.54) is 18.4 Å². The molecule has 2 aliphatic rings. The molecular formula is C25H39N3O3. The van der Waals surface area contributed by atoms with Gasteiger partial charge in [-0.2, -0.15) is 0 Å². The van der Waals surface area contributed by atoms with Gasteiger partial charge in [0.15, 0.2) is 0 Å². The van der Waals surface area contributed by atoms with Crippen molar-refractivity contribution in [2.45, 2.75) is 103 Å². The number of hydrogen-bond acceptors (Lipinski definition) is 4. The summed E-state index contributed by atoms with van der Waals surface area (Å²) in [6, 6.07) is 3.59. The Morgan fingerprint density at radius 3 is 2.61 bits per heavy atom. The first-order valence-corrected chi connectivity index (χ1v) is 12.2. The first-order chi connectivity index (χ1) is 15.0. The van der Waals surface area contributed by atoms with Crippen LogP contribution >= 0.6 is 0 Å². The molecule has 1 fully saturated rings. The van der Waals surface area contributed by atoms with Crippen LogP contribution < -0.4 is 10.6 Å². The van der Waals surface area contributed by atoms with Crippen LogP contribution in [0.25, 0.3) is 0 Å². The third-order valence-electron chi connectivity index (χ3n) is 6.99. The first-order valence-electron chi connectivity index (χ1n) is 12.2. The number of aliphatic carboxylic acids is 1. The number of nitrogens with one attached hydrogen (secondary N) is 2. The molecule has 1 amide bonds. The molecule has 1 aliphatic carbocycles. The smallest absolute Gasteiger partial charge is 0.326 e. The van der Waals surface area contributed by atoms with Crippen molar-refractivity contribution >= 4 is 17.7 Å². The average Bonchev–Trinajstić information content (AvgIpc) is 2.77. The Balaban J connectivity index is 1.31. The zero-order valence-corrected chi connectivity index (χ0v) is 19.0. The molecule has 1 saturated carbocycles. The Labute approximate surface area is 186 Å². The molecule has 6 nitrogen and oxygen atoms in total. The summed E-state index contributed by atoms with van der Waals surface area (Å²) < 4.78 is 0. The lowest BCUT2D eigenvalue weighted by molar-refractivity contribution is -0.144. The molecule has 0 saturated heterocycles. The van der Waals surface area contributed by atoms with E-state index in [1.807, 2.05) is 6.92 Å². The maximum absolute atomic E-state index is 12.6. The van der Waals surface area contributed by atoms with Gasteiger partial charge >= 0.3 is 5.97 Å². The molecule has 0 bridgehead atoms. The molecule has 1 aliphatic heterocycles. The highest BCUT2D eigenvalue weighted by atomic mass is 16.4. The van der Waals surface area contributed by atoms with Gasteiger partial charge in [-0.05, 0) is 56.6 Å². The number of carboxylic acids is 1. The molecule has 1 atom stereocenters. The monoisotopic (exact) mass is 429 g/mol. The van der Waals surface area contributed by atoms with E-state index >= 15 is 0 Å². The Morgan fingerprint density at radius 1 is 1.10 bits per heavy atom. The molecule has 2 heterocycles. The lowest BCUT2D eigenvalue weighted by Crippen LogP contribution is -2.48. The van der Waals surface area contributed by atoms with Gasteiger partial charge in [-0.3, -0.25) is 4.79 Å². The molecule has 0 radical (unpaired) electrons. The van der Waals surface area contributed by atoms with Gasteiger partial charge in [0.1, 0.15) is 11.9 Å². The molecule has 6 heteroatoms. The topological polar surface area (TPSA) is 91.3 Å². The second-order valence-corrected chi connectivity index (χ2v) is 9.63. The zero-order valence-electron chi connectivity index (χ0n) is 19.0. The Kier molecular flexibility index (Phi) is 8.73. The standard InChI is InChI=1S/C25H39N3O3/c1-25(16-8-5-9-17-25)24(31)28-21(23(29)30)13-7-4-2-3-6-12-20-15-14-19-11-10-18-26-22(19)27-20/h14-15,21H,2-13,16-18H2,1H3,(H,26,27)(H,28,31)(H,29,30)/t21-/m1/s1. The van der Waals surface area contributed by atoms with E-state index in [4.69, 9.17) is 4.98 Å². The lowest BCUT2D eigenvalue weighted by Gasteiger charge is -2.33. The van der Waals surface area contributed by atoms with Crippen LogP contribution in [0.5, 0.6) is 0 Å². The number of aryl methyl sites for hydroxylation is 2. The summed E-state index contributed by atoms with van der Waals surface area (Å²) in [5.74, 6) is 0.0686. The number of anilines is 1. The molecule has 172 valence electrons. The van der Waals surface area contributed by atoms with Gasteiger partial charge in [0, 0.05) is 17.7 Å². The van der Waals surface area contributed by atoms with Gasteiger partial charge in [-0.15, -0.1) is 0 Å². The molecule has 31 heavy (non-hydrogen) atoms. The first kappa shape index (κ1) is 23.6. The highest BCUT2D eigenvalue weighted by Gasteiger charge is 2.36. The number of aromatic nitrogens is 1. The number of carboxylic acid groups (broad SMARTS) is 1. The zero-order chi connectivity index (χ0) is 22.1. The van der Waals surface area contributed by atoms with Crippen LogP contribution in [0.15, 0.2) is 12.1 Å². The van der Waals surface area contributed by atoms with Crippen LogP contribution in [-0.4, -0.2) is 34.6 Å². The Bertz CT molecular complexity index is 744. The highest BCUT2D eigenvalue weighted by Crippen LogP contribution is 2.36. The fourth-order valence-electron chi connectivity index (χ4n) is 4.84. The second kappa shape index (κ2) is 11.5. The largest absolute Gasteiger partial charge is 0.480 e. The third-order valence-corrected chi connectivity index (χ3v) is 6.99. The Hall–Kier alpha value is -2.11. The van der Waals surface area contributed by atoms with E-state index < -0.39 is 17.4 Å². The van der Waals surface area contributed by atoms with Gasteiger partial charge in [0.05, 0.1) is 0 Å².